The molecule has 5 N–H and O–H groups in total. The molecule has 8 nitrogen and oxygen atoms in total. The second kappa shape index (κ2) is 12.1. The molecule has 4 rings (SSSR count). The quantitative estimate of drug-likeness (QED) is 0.242. The number of benzene rings is 3. The predicted molar refractivity (Wildman–Crippen MR) is 148 cm³/mol. The van der Waals surface area contributed by atoms with Crippen LogP contribution in [0.1, 0.15) is 47.3 Å². The van der Waals surface area contributed by atoms with Crippen molar-refractivity contribution in [1.29, 1.82) is 0 Å². The number of halogens is 4. The van der Waals surface area contributed by atoms with Gasteiger partial charge in [0.05, 0.1) is 11.1 Å². The zero-order valence-corrected chi connectivity index (χ0v) is 22.8. The maximum atomic E-state index is 13.6. The molecule has 12 heteroatoms. The fourth-order valence-corrected chi connectivity index (χ4v) is 4.99. The van der Waals surface area contributed by atoms with Gasteiger partial charge >= 0.3 is 6.18 Å². The van der Waals surface area contributed by atoms with E-state index >= 15 is 0 Å². The lowest BCUT2D eigenvalue weighted by Crippen LogP contribution is -2.55. The van der Waals surface area contributed by atoms with Crippen molar-refractivity contribution in [3.63, 3.8) is 0 Å². The van der Waals surface area contributed by atoms with Crippen LogP contribution in [0.3, 0.4) is 0 Å². The zero-order valence-electron chi connectivity index (χ0n) is 22.8. The van der Waals surface area contributed by atoms with Crippen LogP contribution in [-0.4, -0.2) is 41.0 Å². The van der Waals surface area contributed by atoms with Crippen LogP contribution >= 0.6 is 0 Å². The number of alkyl halides is 3. The molecule has 3 amide bonds. The highest BCUT2D eigenvalue weighted by molar-refractivity contribution is 6.03. The van der Waals surface area contributed by atoms with Gasteiger partial charge in [-0.3, -0.25) is 14.4 Å². The molecule has 0 aliphatic carbocycles. The molecular formula is C30H30F4N4O4. The van der Waals surface area contributed by atoms with Gasteiger partial charge in [-0.1, -0.05) is 18.2 Å². The van der Waals surface area contributed by atoms with E-state index in [0.717, 1.165) is 0 Å². The van der Waals surface area contributed by atoms with Gasteiger partial charge in [0.25, 0.3) is 5.91 Å². The molecule has 0 saturated heterocycles. The van der Waals surface area contributed by atoms with Crippen LogP contribution in [0.5, 0.6) is 5.75 Å². The average molecular weight is 587 g/mol. The normalized spacial score (nSPS) is 16.0. The summed E-state index contributed by atoms with van der Waals surface area (Å²) in [5, 5.41) is 15.0. The molecule has 42 heavy (non-hydrogen) atoms. The van der Waals surface area contributed by atoms with Crippen molar-refractivity contribution in [2.45, 2.75) is 57.4 Å². The first kappa shape index (κ1) is 30.4. The molecule has 3 aromatic carbocycles. The minimum absolute atomic E-state index is 0.0228. The van der Waals surface area contributed by atoms with Crippen LogP contribution in [-0.2, 0) is 28.6 Å². The number of hydrogen-bond acceptors (Lipinski definition) is 5. The van der Waals surface area contributed by atoms with E-state index in [1.165, 1.54) is 11.0 Å². The Morgan fingerprint density at radius 1 is 1.10 bits per heavy atom. The Bertz CT molecular complexity index is 1510. The third kappa shape index (κ3) is 6.64. The summed E-state index contributed by atoms with van der Waals surface area (Å²) in [5.41, 5.74) is 5.68. The van der Waals surface area contributed by atoms with E-state index in [2.05, 4.69) is 10.6 Å². The highest BCUT2D eigenvalue weighted by Gasteiger charge is 2.38. The first-order valence-corrected chi connectivity index (χ1v) is 13.2. The second-order valence-electron chi connectivity index (χ2n) is 10.3. The zero-order chi connectivity index (χ0) is 30.8. The molecule has 0 spiro atoms. The van der Waals surface area contributed by atoms with E-state index in [-0.39, 0.29) is 36.4 Å². The van der Waals surface area contributed by atoms with E-state index in [1.54, 1.807) is 50.2 Å². The number of carbonyl (C=O) groups is 3. The molecule has 1 aliphatic rings. The Morgan fingerprint density at radius 3 is 2.48 bits per heavy atom. The van der Waals surface area contributed by atoms with Gasteiger partial charge in [0, 0.05) is 23.8 Å². The minimum Gasteiger partial charge on any atom is -0.508 e. The van der Waals surface area contributed by atoms with Gasteiger partial charge in [-0.05, 0) is 80.3 Å². The van der Waals surface area contributed by atoms with Crippen LogP contribution in [0, 0.1) is 5.82 Å². The average Bonchev–Trinajstić information content (AvgIpc) is 3.04. The van der Waals surface area contributed by atoms with Crippen LogP contribution in [0.25, 0.3) is 0 Å². The van der Waals surface area contributed by atoms with Gasteiger partial charge in [0.2, 0.25) is 11.8 Å². The first-order valence-electron chi connectivity index (χ1n) is 13.2. The molecule has 0 bridgehead atoms. The fourth-order valence-electron chi connectivity index (χ4n) is 4.99. The third-order valence-electron chi connectivity index (χ3n) is 7.03. The monoisotopic (exact) mass is 586 g/mol. The summed E-state index contributed by atoms with van der Waals surface area (Å²) < 4.78 is 54.5. The Labute approximate surface area is 239 Å². The van der Waals surface area contributed by atoms with Crippen LogP contribution in [0.4, 0.5) is 28.9 Å². The van der Waals surface area contributed by atoms with Gasteiger partial charge in [-0.15, -0.1) is 0 Å². The molecule has 2 atom stereocenters. The molecule has 222 valence electrons. The van der Waals surface area contributed by atoms with E-state index in [1.807, 2.05) is 0 Å². The number of nitrogen functional groups attached to an aromatic ring is 1. The van der Waals surface area contributed by atoms with Gasteiger partial charge in [0.15, 0.2) is 0 Å². The molecule has 1 aliphatic heterocycles. The first-order chi connectivity index (χ1) is 19.8. The van der Waals surface area contributed by atoms with E-state index in [4.69, 9.17) is 5.73 Å². The number of nitrogens with two attached hydrogens (primary N) is 1. The number of aromatic hydroxyl groups is 1. The summed E-state index contributed by atoms with van der Waals surface area (Å²) in [5.74, 6) is -3.66. The molecular weight excluding hydrogens is 556 g/mol. The van der Waals surface area contributed by atoms with Crippen molar-refractivity contribution in [2.75, 3.05) is 10.6 Å². The van der Waals surface area contributed by atoms with Crippen molar-refractivity contribution in [3.8, 4) is 5.75 Å². The number of amides is 3. The van der Waals surface area contributed by atoms with Gasteiger partial charge < -0.3 is 26.4 Å². The molecule has 3 aromatic rings. The van der Waals surface area contributed by atoms with E-state index in [9.17, 15) is 37.1 Å². The molecule has 0 saturated carbocycles. The molecule has 1 heterocycles. The number of aryl methyl sites for hydroxylation is 1. The Morgan fingerprint density at radius 2 is 1.81 bits per heavy atom. The summed E-state index contributed by atoms with van der Waals surface area (Å²) >= 11 is 0. The number of anilines is 2. The Kier molecular flexibility index (Phi) is 8.74. The summed E-state index contributed by atoms with van der Waals surface area (Å²) in [6.45, 7) is 3.59. The van der Waals surface area contributed by atoms with Crippen molar-refractivity contribution >= 4 is 29.1 Å². The number of rotatable bonds is 7. The van der Waals surface area contributed by atoms with Gasteiger partial charge in [-0.25, -0.2) is 4.39 Å². The lowest BCUT2D eigenvalue weighted by molar-refractivity contribution is -0.138. The van der Waals surface area contributed by atoms with E-state index < -0.39 is 52.9 Å². The minimum atomic E-state index is -5.03. The topological polar surface area (TPSA) is 125 Å². The second-order valence-corrected chi connectivity index (χ2v) is 10.3. The van der Waals surface area contributed by atoms with Crippen molar-refractivity contribution in [3.05, 3.63) is 88.7 Å². The van der Waals surface area contributed by atoms with Gasteiger partial charge in [-0.2, -0.15) is 13.2 Å². The predicted octanol–water partition coefficient (Wildman–Crippen LogP) is 4.35. The number of nitrogens with one attached hydrogen (secondary N) is 2. The molecule has 0 aromatic heterocycles. The van der Waals surface area contributed by atoms with Crippen LogP contribution in [0.2, 0.25) is 0 Å². The maximum absolute atomic E-state index is 13.6. The van der Waals surface area contributed by atoms with Crippen LogP contribution < -0.4 is 21.3 Å². The van der Waals surface area contributed by atoms with Crippen molar-refractivity contribution in [1.82, 2.24) is 10.6 Å². The number of carbonyl (C=O) groups excluding carboxylic acids is 3. The number of phenolic OH excluding ortho intramolecular Hbond substituents is 1. The molecule has 2 unspecified atom stereocenters. The number of phenols is 1. The highest BCUT2D eigenvalue weighted by Crippen LogP contribution is 2.33. The largest absolute Gasteiger partial charge is 0.508 e. The smallest absolute Gasteiger partial charge is 0.417 e. The summed E-state index contributed by atoms with van der Waals surface area (Å²) in [6, 6.07) is 9.92. The maximum Gasteiger partial charge on any atom is 0.417 e. The lowest BCUT2D eigenvalue weighted by Gasteiger charge is -2.30. The Balaban J connectivity index is 1.64. The SMILES string of the molecule is CC(C)N1C(=O)C(NC(=O)C(Cc2ccccc2N)NC(=O)c2ccc(F)cc2C(F)(F)F)CCc2cc(O)ccc21. The van der Waals surface area contributed by atoms with Gasteiger partial charge in [0.1, 0.15) is 23.7 Å². The number of fused-ring (bicyclic) bond motifs is 1. The fraction of sp³-hybridized carbons (Fsp3) is 0.300. The number of para-hydroxylation sites is 1. The van der Waals surface area contributed by atoms with Crippen molar-refractivity contribution in [2.24, 2.45) is 0 Å². The van der Waals surface area contributed by atoms with Crippen LogP contribution in [0.15, 0.2) is 60.7 Å². The third-order valence-corrected chi connectivity index (χ3v) is 7.03. The standard InChI is InChI=1S/C30H30F4N4O4/c1-16(2)38-26-12-9-20(39)13-18(26)7-11-24(29(38)42)36-28(41)25(14-17-5-3-4-6-23(17)35)37-27(40)21-10-8-19(31)15-22(21)30(32,33)34/h3-6,8-10,12-13,15-16,24-25,39H,7,11,14,35H2,1-2H3,(H,36,41)(H,37,40). The molecule has 0 radical (unpaired) electrons. The summed E-state index contributed by atoms with van der Waals surface area (Å²) in [7, 11) is 0. The molecule has 0 fully saturated rings. The number of nitrogens with zero attached hydrogens (tertiary/aromatic N) is 1. The Hall–Kier alpha value is -4.61. The summed E-state index contributed by atoms with van der Waals surface area (Å²) in [6.07, 6.45) is -4.74. The number of hydrogen-bond donors (Lipinski definition) is 4. The summed E-state index contributed by atoms with van der Waals surface area (Å²) in [4.78, 5) is 41.9. The van der Waals surface area contributed by atoms with E-state index in [0.29, 0.717) is 35.4 Å². The highest BCUT2D eigenvalue weighted by atomic mass is 19.4. The lowest BCUT2D eigenvalue weighted by atomic mass is 10.0. The van der Waals surface area contributed by atoms with Crippen molar-refractivity contribution < 1.29 is 37.1 Å².